The van der Waals surface area contributed by atoms with E-state index in [1.54, 1.807) is 23.1 Å². The Bertz CT molecular complexity index is 543. The van der Waals surface area contributed by atoms with Crippen LogP contribution in [0.15, 0.2) is 18.2 Å². The molecule has 2 amide bonds. The van der Waals surface area contributed by atoms with Crippen molar-refractivity contribution in [3.05, 3.63) is 23.8 Å². The number of nitrogens with one attached hydrogen (secondary N) is 1. The Kier molecular flexibility index (Phi) is 3.66. The lowest BCUT2D eigenvalue weighted by atomic mass is 10.1. The van der Waals surface area contributed by atoms with Crippen molar-refractivity contribution in [3.8, 4) is 5.75 Å². The Morgan fingerprint density at radius 3 is 2.53 bits per heavy atom. The zero-order chi connectivity index (χ0) is 14.0. The summed E-state index contributed by atoms with van der Waals surface area (Å²) in [7, 11) is 1.54. The predicted molar refractivity (Wildman–Crippen MR) is 74.2 cm³/mol. The van der Waals surface area contributed by atoms with E-state index in [4.69, 9.17) is 22.7 Å². The minimum Gasteiger partial charge on any atom is -0.497 e. The second-order valence-corrected chi connectivity index (χ2v) is 4.51. The molecule has 1 aliphatic heterocycles. The van der Waals surface area contributed by atoms with Crippen molar-refractivity contribution in [2.45, 2.75) is 0 Å². The van der Waals surface area contributed by atoms with Crippen LogP contribution in [0.5, 0.6) is 5.75 Å². The van der Waals surface area contributed by atoms with E-state index < -0.39 is 0 Å². The number of thiocarbonyl (C=S) groups is 1. The number of nitrogens with two attached hydrogens (primary N) is 1. The molecule has 0 radical (unpaired) electrons. The number of hydrogen-bond acceptors (Lipinski definition) is 5. The zero-order valence-electron chi connectivity index (χ0n) is 10.3. The first-order valence-electron chi connectivity index (χ1n) is 5.56. The van der Waals surface area contributed by atoms with Gasteiger partial charge in [0.1, 0.15) is 10.7 Å². The molecule has 1 saturated heterocycles. The number of ether oxygens (including phenoxy) is 1. The molecular formula is C12H13N3O3S. The molecule has 19 heavy (non-hydrogen) atoms. The maximum atomic E-state index is 11.4. The average Bonchev–Trinajstić information content (AvgIpc) is 2.36. The van der Waals surface area contributed by atoms with Gasteiger partial charge < -0.3 is 15.4 Å². The van der Waals surface area contributed by atoms with Crippen LogP contribution in [-0.2, 0) is 9.59 Å². The van der Waals surface area contributed by atoms with Gasteiger partial charge in [-0.05, 0) is 12.1 Å². The Labute approximate surface area is 115 Å². The highest BCUT2D eigenvalue weighted by atomic mass is 32.1. The molecule has 2 rings (SSSR count). The molecule has 6 nitrogen and oxygen atoms in total. The Morgan fingerprint density at radius 2 is 2.00 bits per heavy atom. The van der Waals surface area contributed by atoms with Gasteiger partial charge in [0.05, 0.1) is 25.9 Å². The van der Waals surface area contributed by atoms with Gasteiger partial charge in [-0.1, -0.05) is 12.2 Å². The number of benzene rings is 1. The van der Waals surface area contributed by atoms with E-state index in [9.17, 15) is 9.59 Å². The number of piperazine rings is 1. The monoisotopic (exact) mass is 279 g/mol. The molecule has 1 aromatic carbocycles. The Balaban J connectivity index is 2.43. The molecule has 1 aromatic rings. The Morgan fingerprint density at radius 1 is 1.37 bits per heavy atom. The number of hydrogen-bond donors (Lipinski definition) is 2. The highest BCUT2D eigenvalue weighted by Crippen LogP contribution is 2.26. The van der Waals surface area contributed by atoms with Crippen LogP contribution in [0.25, 0.3) is 0 Å². The van der Waals surface area contributed by atoms with Crippen molar-refractivity contribution >= 4 is 34.7 Å². The number of anilines is 1. The fourth-order valence-electron chi connectivity index (χ4n) is 1.92. The summed E-state index contributed by atoms with van der Waals surface area (Å²) in [6.07, 6.45) is 0. The molecule has 1 aliphatic rings. The standard InChI is InChI=1S/C12H13N3O3S/c1-18-7-2-3-8(12(13)19)9(4-7)15-5-10(16)14-11(17)6-15/h2-4H,5-6H2,1H3,(H2,13,19)(H,14,16,17). The fraction of sp³-hybridized carbons (Fsp3) is 0.250. The average molecular weight is 279 g/mol. The van der Waals surface area contributed by atoms with Gasteiger partial charge in [-0.2, -0.15) is 0 Å². The van der Waals surface area contributed by atoms with E-state index in [0.717, 1.165) is 0 Å². The van der Waals surface area contributed by atoms with Gasteiger partial charge in [-0.15, -0.1) is 0 Å². The largest absolute Gasteiger partial charge is 0.497 e. The fourth-order valence-corrected chi connectivity index (χ4v) is 2.09. The predicted octanol–water partition coefficient (Wildman–Crippen LogP) is -0.208. The van der Waals surface area contributed by atoms with Crippen molar-refractivity contribution < 1.29 is 14.3 Å². The lowest BCUT2D eigenvalue weighted by Crippen LogP contribution is -2.51. The van der Waals surface area contributed by atoms with Crippen molar-refractivity contribution in [1.29, 1.82) is 0 Å². The Hall–Kier alpha value is -2.15. The molecule has 1 heterocycles. The number of nitrogens with zero attached hydrogens (tertiary/aromatic N) is 1. The molecular weight excluding hydrogens is 266 g/mol. The molecule has 0 spiro atoms. The first-order valence-corrected chi connectivity index (χ1v) is 5.97. The first kappa shape index (κ1) is 13.3. The summed E-state index contributed by atoms with van der Waals surface area (Å²) < 4.78 is 5.14. The van der Waals surface area contributed by atoms with Gasteiger partial charge in [0.25, 0.3) is 0 Å². The smallest absolute Gasteiger partial charge is 0.246 e. The molecule has 0 unspecified atom stereocenters. The number of imide groups is 1. The van der Waals surface area contributed by atoms with Crippen LogP contribution < -0.4 is 20.7 Å². The van der Waals surface area contributed by atoms with Crippen LogP contribution in [-0.4, -0.2) is 37.0 Å². The molecule has 0 aromatic heterocycles. The molecule has 0 bridgehead atoms. The quantitative estimate of drug-likeness (QED) is 0.588. The van der Waals surface area contributed by atoms with Crippen LogP contribution in [0.4, 0.5) is 5.69 Å². The minimum atomic E-state index is -0.354. The minimum absolute atomic E-state index is 0.0779. The van der Waals surface area contributed by atoms with Crippen molar-refractivity contribution in [3.63, 3.8) is 0 Å². The second-order valence-electron chi connectivity index (χ2n) is 4.07. The van der Waals surface area contributed by atoms with E-state index in [1.165, 1.54) is 7.11 Å². The summed E-state index contributed by atoms with van der Waals surface area (Å²) in [5.74, 6) is -0.102. The van der Waals surface area contributed by atoms with Gasteiger partial charge in [0, 0.05) is 11.6 Å². The number of amides is 2. The molecule has 0 saturated carbocycles. The van der Waals surface area contributed by atoms with E-state index in [2.05, 4.69) is 5.32 Å². The van der Waals surface area contributed by atoms with Crippen LogP contribution >= 0.6 is 12.2 Å². The van der Waals surface area contributed by atoms with Gasteiger partial charge in [-0.3, -0.25) is 14.9 Å². The van der Waals surface area contributed by atoms with Gasteiger partial charge in [0.2, 0.25) is 11.8 Å². The number of rotatable bonds is 3. The zero-order valence-corrected chi connectivity index (χ0v) is 11.1. The third-order valence-electron chi connectivity index (χ3n) is 2.76. The van der Waals surface area contributed by atoms with Gasteiger partial charge >= 0.3 is 0 Å². The van der Waals surface area contributed by atoms with Crippen LogP contribution in [0.2, 0.25) is 0 Å². The molecule has 7 heteroatoms. The summed E-state index contributed by atoms with van der Waals surface area (Å²) >= 11 is 4.98. The summed E-state index contributed by atoms with van der Waals surface area (Å²) in [4.78, 5) is 24.7. The first-order chi connectivity index (χ1) is 9.01. The highest BCUT2D eigenvalue weighted by Gasteiger charge is 2.25. The summed E-state index contributed by atoms with van der Waals surface area (Å²) in [6.45, 7) is 0.156. The summed E-state index contributed by atoms with van der Waals surface area (Å²) in [6, 6.07) is 5.15. The number of carbonyl (C=O) groups is 2. The third-order valence-corrected chi connectivity index (χ3v) is 2.98. The van der Waals surface area contributed by atoms with E-state index >= 15 is 0 Å². The third kappa shape index (κ3) is 2.82. The lowest BCUT2D eigenvalue weighted by Gasteiger charge is -2.29. The topological polar surface area (TPSA) is 84.7 Å². The molecule has 0 aliphatic carbocycles. The van der Waals surface area contributed by atoms with Crippen molar-refractivity contribution in [2.24, 2.45) is 5.73 Å². The maximum absolute atomic E-state index is 11.4. The van der Waals surface area contributed by atoms with Crippen LogP contribution in [0.3, 0.4) is 0 Å². The van der Waals surface area contributed by atoms with Crippen LogP contribution in [0.1, 0.15) is 5.56 Å². The van der Waals surface area contributed by atoms with E-state index in [-0.39, 0.29) is 29.9 Å². The van der Waals surface area contributed by atoms with E-state index in [1.807, 2.05) is 0 Å². The lowest BCUT2D eigenvalue weighted by molar-refractivity contribution is -0.130. The summed E-state index contributed by atoms with van der Waals surface area (Å²) in [5.41, 5.74) is 6.89. The molecule has 100 valence electrons. The normalized spacial score (nSPS) is 15.1. The highest BCUT2D eigenvalue weighted by molar-refractivity contribution is 7.80. The molecule has 1 fully saturated rings. The van der Waals surface area contributed by atoms with Crippen molar-refractivity contribution in [1.82, 2.24) is 5.32 Å². The second kappa shape index (κ2) is 5.23. The molecule has 0 atom stereocenters. The maximum Gasteiger partial charge on any atom is 0.246 e. The van der Waals surface area contributed by atoms with Gasteiger partial charge in [0.15, 0.2) is 0 Å². The van der Waals surface area contributed by atoms with Crippen molar-refractivity contribution in [2.75, 3.05) is 25.1 Å². The van der Waals surface area contributed by atoms with Gasteiger partial charge in [-0.25, -0.2) is 0 Å². The number of carbonyl (C=O) groups excluding carboxylic acids is 2. The van der Waals surface area contributed by atoms with E-state index in [0.29, 0.717) is 17.0 Å². The summed E-state index contributed by atoms with van der Waals surface area (Å²) in [5, 5.41) is 2.24. The number of methoxy groups -OCH3 is 1. The molecule has 3 N–H and O–H groups in total. The SMILES string of the molecule is COc1ccc(C(N)=S)c(N2CC(=O)NC(=O)C2)c1. The van der Waals surface area contributed by atoms with Crippen LogP contribution in [0, 0.1) is 0 Å².